The summed E-state index contributed by atoms with van der Waals surface area (Å²) in [6.45, 7) is 1.80. The molecule has 3 aromatic heterocycles. The highest BCUT2D eigenvalue weighted by Gasteiger charge is 2.18. The number of aryl methyl sites for hydroxylation is 1. The van der Waals surface area contributed by atoms with Crippen molar-refractivity contribution in [3.63, 3.8) is 0 Å². The zero-order valence-electron chi connectivity index (χ0n) is 15.2. The van der Waals surface area contributed by atoms with Gasteiger partial charge in [-0.3, -0.25) is 14.9 Å². The number of nitro benzene ring substituents is 1. The molecule has 2 aromatic carbocycles. The molecule has 0 radical (unpaired) electrons. The molecule has 0 aliphatic heterocycles. The van der Waals surface area contributed by atoms with Crippen LogP contribution in [0, 0.1) is 17.0 Å². The summed E-state index contributed by atoms with van der Waals surface area (Å²) in [6, 6.07) is 15.8. The summed E-state index contributed by atoms with van der Waals surface area (Å²) >= 11 is 1.28. The number of nitrogens with zero attached hydrogens (tertiary/aromatic N) is 3. The smallest absolute Gasteiger partial charge is 0.280 e. The van der Waals surface area contributed by atoms with E-state index in [0.29, 0.717) is 26.6 Å². The summed E-state index contributed by atoms with van der Waals surface area (Å²) in [5.41, 5.74) is 2.54. The van der Waals surface area contributed by atoms with E-state index in [-0.39, 0.29) is 11.2 Å². The van der Waals surface area contributed by atoms with Crippen LogP contribution >= 0.6 is 11.3 Å². The Morgan fingerprint density at radius 3 is 2.83 bits per heavy atom. The number of fused-ring (bicyclic) bond motifs is 3. The van der Waals surface area contributed by atoms with E-state index in [9.17, 15) is 14.9 Å². The van der Waals surface area contributed by atoms with Gasteiger partial charge in [-0.25, -0.2) is 9.38 Å². The molecule has 0 unspecified atom stereocenters. The third kappa shape index (κ3) is 2.81. The molecule has 7 nitrogen and oxygen atoms in total. The number of aromatic nitrogens is 2. The Morgan fingerprint density at radius 2 is 2.00 bits per heavy atom. The average Bonchev–Trinajstić information content (AvgIpc) is 3.38. The molecule has 3 heterocycles. The number of rotatable bonds is 3. The predicted octanol–water partition coefficient (Wildman–Crippen LogP) is 3.93. The van der Waals surface area contributed by atoms with Crippen molar-refractivity contribution in [3.8, 4) is 11.3 Å². The van der Waals surface area contributed by atoms with Crippen molar-refractivity contribution in [2.45, 2.75) is 6.92 Å². The fraction of sp³-hybridized carbons (Fsp3) is 0.0476. The summed E-state index contributed by atoms with van der Waals surface area (Å²) in [4.78, 5) is 28.9. The zero-order chi connectivity index (χ0) is 20.1. The second-order valence-corrected chi connectivity index (χ2v) is 7.62. The topological polar surface area (TPSA) is 90.7 Å². The number of imidazole rings is 1. The molecule has 0 aliphatic rings. The summed E-state index contributed by atoms with van der Waals surface area (Å²) in [7, 11) is 0. The van der Waals surface area contributed by atoms with E-state index in [2.05, 4.69) is 4.98 Å². The standard InChI is InChI=1S/C21H13N3O4S/c1-12-6-8-14(17(10-12)24(26)27)18-9-7-13(28-18)11-19-20(25)23-16-5-3-2-4-15(16)22-21(23)29-19/h2-11H,1H3/b19-11+. The van der Waals surface area contributed by atoms with Crippen molar-refractivity contribution in [1.29, 1.82) is 0 Å². The van der Waals surface area contributed by atoms with Gasteiger partial charge in [0.2, 0.25) is 0 Å². The van der Waals surface area contributed by atoms with Crippen LogP contribution in [0.2, 0.25) is 0 Å². The van der Waals surface area contributed by atoms with Crippen molar-refractivity contribution in [1.82, 2.24) is 9.38 Å². The minimum atomic E-state index is -0.427. The summed E-state index contributed by atoms with van der Waals surface area (Å²) in [5.74, 6) is 0.822. The van der Waals surface area contributed by atoms with Crippen molar-refractivity contribution in [2.24, 2.45) is 0 Å². The van der Waals surface area contributed by atoms with Gasteiger partial charge in [0.05, 0.1) is 21.5 Å². The largest absolute Gasteiger partial charge is 0.456 e. The number of furan rings is 1. The maximum atomic E-state index is 12.8. The lowest BCUT2D eigenvalue weighted by Gasteiger charge is -2.00. The Labute approximate surface area is 167 Å². The van der Waals surface area contributed by atoms with Crippen LogP contribution in [0.15, 0.2) is 63.8 Å². The van der Waals surface area contributed by atoms with Crippen LogP contribution in [0.3, 0.4) is 0 Å². The van der Waals surface area contributed by atoms with Gasteiger partial charge in [0.15, 0.2) is 4.96 Å². The summed E-state index contributed by atoms with van der Waals surface area (Å²) < 4.78 is 7.87. The highest BCUT2D eigenvalue weighted by atomic mass is 32.1. The van der Waals surface area contributed by atoms with Gasteiger partial charge in [-0.15, -0.1) is 0 Å². The minimum absolute atomic E-state index is 0.0172. The molecule has 8 heteroatoms. The number of para-hydroxylation sites is 2. The molecular formula is C21H13N3O4S. The van der Waals surface area contributed by atoms with Gasteiger partial charge < -0.3 is 4.42 Å². The lowest BCUT2D eigenvalue weighted by Crippen LogP contribution is -2.22. The normalized spacial score (nSPS) is 12.2. The van der Waals surface area contributed by atoms with Crippen LogP contribution in [0.25, 0.3) is 33.4 Å². The van der Waals surface area contributed by atoms with Crippen molar-refractivity contribution < 1.29 is 9.34 Å². The molecule has 0 atom stereocenters. The van der Waals surface area contributed by atoms with Crippen LogP contribution in [0.5, 0.6) is 0 Å². The van der Waals surface area contributed by atoms with Gasteiger partial charge in [-0.2, -0.15) is 0 Å². The molecule has 29 heavy (non-hydrogen) atoms. The highest BCUT2D eigenvalue weighted by molar-refractivity contribution is 7.15. The van der Waals surface area contributed by atoms with Crippen LogP contribution < -0.4 is 10.1 Å². The van der Waals surface area contributed by atoms with Crippen molar-refractivity contribution >= 4 is 39.1 Å². The van der Waals surface area contributed by atoms with E-state index >= 15 is 0 Å². The Morgan fingerprint density at radius 1 is 1.17 bits per heavy atom. The zero-order valence-corrected chi connectivity index (χ0v) is 16.0. The van der Waals surface area contributed by atoms with E-state index in [1.54, 1.807) is 41.7 Å². The highest BCUT2D eigenvalue weighted by Crippen LogP contribution is 2.32. The second-order valence-electron chi connectivity index (χ2n) is 6.61. The van der Waals surface area contributed by atoms with Gasteiger partial charge in [0.25, 0.3) is 11.2 Å². The lowest BCUT2D eigenvalue weighted by atomic mass is 10.1. The van der Waals surface area contributed by atoms with E-state index in [1.807, 2.05) is 24.3 Å². The van der Waals surface area contributed by atoms with E-state index in [4.69, 9.17) is 4.42 Å². The molecule has 5 aromatic rings. The number of hydrogen-bond acceptors (Lipinski definition) is 6. The second kappa shape index (κ2) is 6.39. The third-order valence-corrected chi connectivity index (χ3v) is 5.63. The molecule has 142 valence electrons. The monoisotopic (exact) mass is 403 g/mol. The first kappa shape index (κ1) is 17.3. The minimum Gasteiger partial charge on any atom is -0.456 e. The SMILES string of the molecule is Cc1ccc(-c2ccc(/C=c3/sc4nc5ccccc5n4c3=O)o2)c([N+](=O)[O-])c1. The van der Waals surface area contributed by atoms with Gasteiger partial charge in [-0.05, 0) is 42.8 Å². The Balaban J connectivity index is 1.62. The molecule has 0 saturated carbocycles. The van der Waals surface area contributed by atoms with Crippen LogP contribution in [-0.4, -0.2) is 14.3 Å². The molecule has 0 saturated heterocycles. The first-order valence-corrected chi connectivity index (χ1v) is 9.60. The maximum Gasteiger partial charge on any atom is 0.280 e. The summed E-state index contributed by atoms with van der Waals surface area (Å²) in [6.07, 6.45) is 1.64. The molecule has 0 amide bonds. The van der Waals surface area contributed by atoms with E-state index in [0.717, 1.165) is 16.6 Å². The quantitative estimate of drug-likeness (QED) is 0.336. The molecule has 0 aliphatic carbocycles. The fourth-order valence-electron chi connectivity index (χ4n) is 3.32. The third-order valence-electron chi connectivity index (χ3n) is 4.66. The Kier molecular flexibility index (Phi) is 3.82. The molecule has 0 bridgehead atoms. The van der Waals surface area contributed by atoms with Crippen LogP contribution in [-0.2, 0) is 0 Å². The van der Waals surface area contributed by atoms with Crippen LogP contribution in [0.4, 0.5) is 5.69 Å². The van der Waals surface area contributed by atoms with Gasteiger partial charge in [-0.1, -0.05) is 29.5 Å². The maximum absolute atomic E-state index is 12.8. The van der Waals surface area contributed by atoms with Gasteiger partial charge in [0, 0.05) is 12.1 Å². The first-order chi connectivity index (χ1) is 14.0. The lowest BCUT2D eigenvalue weighted by molar-refractivity contribution is -0.384. The summed E-state index contributed by atoms with van der Waals surface area (Å²) in [5, 5.41) is 11.4. The van der Waals surface area contributed by atoms with Crippen molar-refractivity contribution in [3.05, 3.63) is 90.9 Å². The Hall–Kier alpha value is -3.78. The molecule has 0 fully saturated rings. The number of hydrogen-bond donors (Lipinski definition) is 0. The van der Waals surface area contributed by atoms with Crippen LogP contribution in [0.1, 0.15) is 11.3 Å². The number of thiazole rings is 1. The Bertz CT molecular complexity index is 1530. The number of benzene rings is 2. The molecule has 0 spiro atoms. The fourth-order valence-corrected chi connectivity index (χ4v) is 4.28. The molecule has 0 N–H and O–H groups in total. The molecule has 5 rings (SSSR count). The average molecular weight is 403 g/mol. The molecular weight excluding hydrogens is 390 g/mol. The van der Waals surface area contributed by atoms with Gasteiger partial charge in [0.1, 0.15) is 16.1 Å². The van der Waals surface area contributed by atoms with E-state index < -0.39 is 4.92 Å². The van der Waals surface area contributed by atoms with Gasteiger partial charge >= 0.3 is 0 Å². The van der Waals surface area contributed by atoms with Crippen molar-refractivity contribution in [2.75, 3.05) is 0 Å². The number of nitro groups is 1. The van der Waals surface area contributed by atoms with E-state index in [1.165, 1.54) is 17.4 Å². The first-order valence-electron chi connectivity index (χ1n) is 8.78. The predicted molar refractivity (Wildman–Crippen MR) is 111 cm³/mol.